The maximum absolute atomic E-state index is 12.7. The molecule has 1 amide bonds. The van der Waals surface area contributed by atoms with E-state index in [0.29, 0.717) is 25.6 Å². The van der Waals surface area contributed by atoms with Crippen LogP contribution in [0.1, 0.15) is 47.5 Å². The summed E-state index contributed by atoms with van der Waals surface area (Å²) in [6, 6.07) is 7.43. The highest BCUT2D eigenvalue weighted by Gasteiger charge is 2.62. The van der Waals surface area contributed by atoms with Crippen molar-refractivity contribution in [2.75, 3.05) is 18.5 Å². The molecule has 1 aromatic carbocycles. The molecule has 0 saturated heterocycles. The van der Waals surface area contributed by atoms with Gasteiger partial charge in [0, 0.05) is 24.1 Å². The molecule has 140 valence electrons. The van der Waals surface area contributed by atoms with Crippen LogP contribution in [0.2, 0.25) is 0 Å². The molecule has 0 aliphatic heterocycles. The minimum Gasteiger partial charge on any atom is -0.494 e. The predicted octanol–water partition coefficient (Wildman–Crippen LogP) is 3.58. The maximum Gasteiger partial charge on any atom is 0.245 e. The van der Waals surface area contributed by atoms with Crippen LogP contribution in [0, 0.1) is 11.3 Å². The lowest BCUT2D eigenvalue weighted by molar-refractivity contribution is -0.166. The normalized spacial score (nSPS) is 24.7. The summed E-state index contributed by atoms with van der Waals surface area (Å²) < 4.78 is 11.4. The topological polar surface area (TPSA) is 73.6 Å². The van der Waals surface area contributed by atoms with Crippen molar-refractivity contribution < 1.29 is 14.3 Å². The van der Waals surface area contributed by atoms with Crippen molar-refractivity contribution in [3.8, 4) is 5.75 Å². The smallest absolute Gasteiger partial charge is 0.245 e. The molecule has 1 saturated carbocycles. The van der Waals surface area contributed by atoms with Gasteiger partial charge in [0.1, 0.15) is 11.3 Å². The number of benzene rings is 1. The Hall–Kier alpha value is -1.59. The van der Waals surface area contributed by atoms with E-state index in [4.69, 9.17) is 15.2 Å². The highest BCUT2D eigenvalue weighted by Crippen LogP contribution is 2.50. The van der Waals surface area contributed by atoms with E-state index in [2.05, 4.69) is 19.2 Å². The Morgan fingerprint density at radius 3 is 2.48 bits per heavy atom. The Balaban J connectivity index is 1.92. The zero-order valence-electron chi connectivity index (χ0n) is 16.1. The third kappa shape index (κ3) is 4.15. The summed E-state index contributed by atoms with van der Waals surface area (Å²) in [4.78, 5) is 12.7. The second kappa shape index (κ2) is 7.75. The van der Waals surface area contributed by atoms with Crippen LogP contribution in [0.5, 0.6) is 5.75 Å². The average Bonchev–Trinajstić information content (AvgIpc) is 2.55. The van der Waals surface area contributed by atoms with Crippen molar-refractivity contribution in [1.82, 2.24) is 0 Å². The number of amides is 1. The molecule has 2 rings (SSSR count). The summed E-state index contributed by atoms with van der Waals surface area (Å²) in [5.74, 6) is 1.26. The summed E-state index contributed by atoms with van der Waals surface area (Å²) in [6.45, 7) is 11.6. The van der Waals surface area contributed by atoms with E-state index in [1.807, 2.05) is 45.0 Å². The van der Waals surface area contributed by atoms with E-state index in [1.54, 1.807) is 0 Å². The van der Waals surface area contributed by atoms with Crippen molar-refractivity contribution in [3.05, 3.63) is 24.3 Å². The fourth-order valence-electron chi connectivity index (χ4n) is 3.11. The largest absolute Gasteiger partial charge is 0.494 e. The fourth-order valence-corrected chi connectivity index (χ4v) is 3.11. The maximum atomic E-state index is 12.7. The third-order valence-corrected chi connectivity index (χ3v) is 5.31. The van der Waals surface area contributed by atoms with Crippen molar-refractivity contribution in [2.24, 2.45) is 17.1 Å². The highest BCUT2D eigenvalue weighted by molar-refractivity contribution is 5.99. The third-order valence-electron chi connectivity index (χ3n) is 5.31. The molecule has 1 fully saturated rings. The molecule has 0 radical (unpaired) electrons. The van der Waals surface area contributed by atoms with Crippen LogP contribution in [-0.2, 0) is 9.53 Å². The Morgan fingerprint density at radius 2 is 1.96 bits per heavy atom. The van der Waals surface area contributed by atoms with Crippen LogP contribution in [0.4, 0.5) is 5.69 Å². The monoisotopic (exact) mass is 348 g/mol. The van der Waals surface area contributed by atoms with E-state index < -0.39 is 11.0 Å². The number of rotatable bonds is 8. The fraction of sp³-hybridized carbons (Fsp3) is 0.650. The van der Waals surface area contributed by atoms with E-state index in [-0.39, 0.29) is 12.0 Å². The summed E-state index contributed by atoms with van der Waals surface area (Å²) in [6.07, 6.45) is 1.57. The molecule has 5 heteroatoms. The lowest BCUT2D eigenvalue weighted by atomic mass is 9.54. The van der Waals surface area contributed by atoms with Gasteiger partial charge < -0.3 is 20.5 Å². The van der Waals surface area contributed by atoms with Crippen molar-refractivity contribution in [2.45, 2.75) is 59.1 Å². The summed E-state index contributed by atoms with van der Waals surface area (Å²) >= 11 is 0. The van der Waals surface area contributed by atoms with E-state index in [1.165, 1.54) is 0 Å². The second-order valence-electron chi connectivity index (χ2n) is 7.85. The van der Waals surface area contributed by atoms with Gasteiger partial charge in [0.15, 0.2) is 0 Å². The van der Waals surface area contributed by atoms with Gasteiger partial charge in [0.05, 0.1) is 12.7 Å². The number of carbonyl (C=O) groups excluding carboxylic acids is 1. The van der Waals surface area contributed by atoms with Gasteiger partial charge >= 0.3 is 0 Å². The van der Waals surface area contributed by atoms with Crippen molar-refractivity contribution in [1.29, 1.82) is 0 Å². The Bertz CT molecular complexity index is 583. The number of anilines is 1. The van der Waals surface area contributed by atoms with Crippen LogP contribution < -0.4 is 15.8 Å². The number of hydrogen-bond acceptors (Lipinski definition) is 4. The SMILES string of the molecule is CCOC1CC(N)(C(=O)Nc2ccc(OCCC(C)C)cc2)C1(C)C. The molecule has 1 aliphatic carbocycles. The second-order valence-corrected chi connectivity index (χ2v) is 7.85. The van der Waals surface area contributed by atoms with E-state index in [0.717, 1.165) is 17.9 Å². The Morgan fingerprint density at radius 1 is 1.32 bits per heavy atom. The van der Waals surface area contributed by atoms with E-state index in [9.17, 15) is 4.79 Å². The summed E-state index contributed by atoms with van der Waals surface area (Å²) in [5.41, 5.74) is 5.81. The molecule has 1 aliphatic rings. The molecule has 2 unspecified atom stereocenters. The minimum absolute atomic E-state index is 0.0185. The van der Waals surface area contributed by atoms with Gasteiger partial charge in [0.25, 0.3) is 0 Å². The zero-order chi connectivity index (χ0) is 18.7. The van der Waals surface area contributed by atoms with Gasteiger partial charge in [-0.05, 0) is 43.5 Å². The molecule has 1 aromatic rings. The number of ether oxygens (including phenoxy) is 2. The minimum atomic E-state index is -0.917. The molecule has 0 spiro atoms. The number of nitrogens with one attached hydrogen (secondary N) is 1. The number of hydrogen-bond donors (Lipinski definition) is 2. The standard InChI is InChI=1S/C20H32N2O3/c1-6-24-17-13-20(21,19(17,4)5)18(23)22-15-7-9-16(10-8-15)25-12-11-14(2)3/h7-10,14,17H,6,11-13,21H2,1-5H3,(H,22,23). The van der Waals surface area contributed by atoms with Crippen LogP contribution >= 0.6 is 0 Å². The summed E-state index contributed by atoms with van der Waals surface area (Å²) in [5, 5.41) is 2.93. The molecular formula is C20H32N2O3. The molecule has 0 bridgehead atoms. The Labute approximate surface area is 151 Å². The highest BCUT2D eigenvalue weighted by atomic mass is 16.5. The first-order valence-electron chi connectivity index (χ1n) is 9.15. The number of carbonyl (C=O) groups is 1. The predicted molar refractivity (Wildman–Crippen MR) is 101 cm³/mol. The molecular weight excluding hydrogens is 316 g/mol. The van der Waals surface area contributed by atoms with Gasteiger partial charge in [-0.25, -0.2) is 0 Å². The van der Waals surface area contributed by atoms with Crippen LogP contribution in [0.25, 0.3) is 0 Å². The van der Waals surface area contributed by atoms with Crippen LogP contribution in [0.3, 0.4) is 0 Å². The van der Waals surface area contributed by atoms with Crippen LogP contribution in [0.15, 0.2) is 24.3 Å². The van der Waals surface area contributed by atoms with Gasteiger partial charge in [0.2, 0.25) is 5.91 Å². The molecule has 25 heavy (non-hydrogen) atoms. The van der Waals surface area contributed by atoms with Gasteiger partial charge in [-0.1, -0.05) is 27.7 Å². The van der Waals surface area contributed by atoms with Crippen LogP contribution in [-0.4, -0.2) is 30.8 Å². The Kier molecular flexibility index (Phi) is 6.12. The van der Waals surface area contributed by atoms with Crippen molar-refractivity contribution in [3.63, 3.8) is 0 Å². The molecule has 0 heterocycles. The lowest BCUT2D eigenvalue weighted by Crippen LogP contribution is -2.74. The van der Waals surface area contributed by atoms with E-state index >= 15 is 0 Å². The average molecular weight is 348 g/mol. The molecule has 3 N–H and O–H groups in total. The van der Waals surface area contributed by atoms with Gasteiger partial charge in [-0.15, -0.1) is 0 Å². The molecule has 5 nitrogen and oxygen atoms in total. The molecule has 0 aromatic heterocycles. The first kappa shape index (κ1) is 19.7. The quantitative estimate of drug-likeness (QED) is 0.753. The zero-order valence-corrected chi connectivity index (χ0v) is 16.1. The first-order chi connectivity index (χ1) is 11.7. The summed E-state index contributed by atoms with van der Waals surface area (Å²) in [7, 11) is 0. The van der Waals surface area contributed by atoms with Crippen molar-refractivity contribution >= 4 is 11.6 Å². The first-order valence-corrected chi connectivity index (χ1v) is 9.15. The van der Waals surface area contributed by atoms with Gasteiger partial charge in [-0.3, -0.25) is 4.79 Å². The lowest BCUT2D eigenvalue weighted by Gasteiger charge is -2.57. The van der Waals surface area contributed by atoms with Gasteiger partial charge in [-0.2, -0.15) is 0 Å². The number of nitrogens with two attached hydrogens (primary N) is 1. The molecule has 2 atom stereocenters.